The number of hydrogen-bond donors (Lipinski definition) is 1. The largest absolute Gasteiger partial charge is 0.449 e. The third-order valence-electron chi connectivity index (χ3n) is 6.31. The zero-order valence-corrected chi connectivity index (χ0v) is 15.0. The summed E-state index contributed by atoms with van der Waals surface area (Å²) in [6.07, 6.45) is 6.29. The molecule has 4 aliphatic carbocycles. The van der Waals surface area contributed by atoms with E-state index < -0.39 is 12.1 Å². The van der Waals surface area contributed by atoms with E-state index in [1.54, 1.807) is 25.1 Å². The Bertz CT molecular complexity index is 744. The highest BCUT2D eigenvalue weighted by Gasteiger charge is 2.51. The second-order valence-electron chi connectivity index (χ2n) is 8.43. The monoisotopic (exact) mass is 352 g/mol. The highest BCUT2D eigenvalue weighted by Crippen LogP contribution is 2.55. The Kier molecular flexibility index (Phi) is 4.22. The Morgan fingerprint density at radius 3 is 2.38 bits per heavy atom. The van der Waals surface area contributed by atoms with Crippen molar-refractivity contribution in [2.75, 3.05) is 0 Å². The van der Waals surface area contributed by atoms with Crippen molar-refractivity contribution < 1.29 is 14.3 Å². The van der Waals surface area contributed by atoms with Gasteiger partial charge in [0.25, 0.3) is 5.91 Å². The van der Waals surface area contributed by atoms with Gasteiger partial charge in [-0.25, -0.2) is 4.79 Å². The molecule has 5 rings (SSSR count). The highest BCUT2D eigenvalue weighted by molar-refractivity contribution is 5.92. The standard InChI is InChI=1S/C21H24N2O3/c1-13(26-20(25)18-4-2-3-14(8-18)12-22)19(24)23-21-9-15-5-16(10-21)7-17(6-15)11-21/h2-4,8,13,15-17H,5-7,9-11H2,1H3,(H,23,24)/t13-,15?,16?,17?,21?/m1/s1. The number of nitrogens with zero attached hydrogens (tertiary/aromatic N) is 1. The van der Waals surface area contributed by atoms with Gasteiger partial charge < -0.3 is 10.1 Å². The molecule has 0 aliphatic heterocycles. The van der Waals surface area contributed by atoms with Gasteiger partial charge in [-0.2, -0.15) is 5.26 Å². The number of benzene rings is 1. The van der Waals surface area contributed by atoms with E-state index in [1.165, 1.54) is 25.3 Å². The summed E-state index contributed by atoms with van der Waals surface area (Å²) in [6.45, 7) is 1.61. The van der Waals surface area contributed by atoms with E-state index in [2.05, 4.69) is 5.32 Å². The van der Waals surface area contributed by atoms with Gasteiger partial charge in [0.1, 0.15) is 0 Å². The molecule has 0 heterocycles. The van der Waals surface area contributed by atoms with Gasteiger partial charge in [-0.05, 0) is 81.4 Å². The molecule has 0 spiro atoms. The van der Waals surface area contributed by atoms with Gasteiger partial charge in [0, 0.05) is 5.54 Å². The van der Waals surface area contributed by atoms with Crippen molar-refractivity contribution in [1.82, 2.24) is 5.32 Å². The number of esters is 1. The molecule has 0 saturated heterocycles. The smallest absolute Gasteiger partial charge is 0.338 e. The van der Waals surface area contributed by atoms with Crippen LogP contribution in [0.25, 0.3) is 0 Å². The number of carbonyl (C=O) groups excluding carboxylic acids is 2. The Morgan fingerprint density at radius 1 is 1.19 bits per heavy atom. The van der Waals surface area contributed by atoms with Gasteiger partial charge >= 0.3 is 5.97 Å². The molecule has 5 heteroatoms. The minimum absolute atomic E-state index is 0.0901. The van der Waals surface area contributed by atoms with Crippen LogP contribution in [-0.2, 0) is 9.53 Å². The van der Waals surface area contributed by atoms with Crippen molar-refractivity contribution in [3.05, 3.63) is 35.4 Å². The number of nitrogens with one attached hydrogen (secondary N) is 1. The van der Waals surface area contributed by atoms with Gasteiger partial charge in [0.05, 0.1) is 17.2 Å². The Labute approximate surface area is 153 Å². The van der Waals surface area contributed by atoms with Crippen LogP contribution in [0.15, 0.2) is 24.3 Å². The van der Waals surface area contributed by atoms with Gasteiger partial charge in [0.2, 0.25) is 0 Å². The van der Waals surface area contributed by atoms with Crippen molar-refractivity contribution in [3.63, 3.8) is 0 Å². The van der Waals surface area contributed by atoms with Crippen LogP contribution in [0.2, 0.25) is 0 Å². The fraction of sp³-hybridized carbons (Fsp3) is 0.571. The van der Waals surface area contributed by atoms with E-state index in [4.69, 9.17) is 10.00 Å². The van der Waals surface area contributed by atoms with E-state index in [0.717, 1.165) is 37.0 Å². The zero-order valence-electron chi connectivity index (χ0n) is 15.0. The molecule has 4 saturated carbocycles. The minimum atomic E-state index is -0.846. The molecule has 4 fully saturated rings. The lowest BCUT2D eigenvalue weighted by Gasteiger charge is -2.57. The summed E-state index contributed by atoms with van der Waals surface area (Å²) in [5.41, 5.74) is 0.594. The average molecular weight is 352 g/mol. The maximum Gasteiger partial charge on any atom is 0.338 e. The normalized spacial score (nSPS) is 32.5. The molecule has 4 aliphatic rings. The van der Waals surface area contributed by atoms with Crippen LogP contribution in [0.5, 0.6) is 0 Å². The SMILES string of the molecule is C[C@@H](OC(=O)c1cccc(C#N)c1)C(=O)NC12CC3CC(CC(C3)C1)C2. The first-order valence-electron chi connectivity index (χ1n) is 9.49. The number of hydrogen-bond acceptors (Lipinski definition) is 4. The number of amides is 1. The van der Waals surface area contributed by atoms with E-state index in [-0.39, 0.29) is 11.4 Å². The summed E-state index contributed by atoms with van der Waals surface area (Å²) < 4.78 is 5.35. The molecule has 1 atom stereocenters. The molecular weight excluding hydrogens is 328 g/mol. The van der Waals surface area contributed by atoms with Gasteiger partial charge in [-0.15, -0.1) is 0 Å². The van der Waals surface area contributed by atoms with Crippen LogP contribution in [0, 0.1) is 29.1 Å². The first-order valence-corrected chi connectivity index (χ1v) is 9.49. The molecular formula is C21H24N2O3. The average Bonchev–Trinajstić information content (AvgIpc) is 2.60. The third-order valence-corrected chi connectivity index (χ3v) is 6.31. The van der Waals surface area contributed by atoms with Crippen molar-refractivity contribution in [3.8, 4) is 6.07 Å². The second-order valence-corrected chi connectivity index (χ2v) is 8.43. The predicted molar refractivity (Wildman–Crippen MR) is 95.1 cm³/mol. The molecule has 26 heavy (non-hydrogen) atoms. The number of carbonyl (C=O) groups is 2. The second kappa shape index (κ2) is 6.42. The molecule has 4 bridgehead atoms. The summed E-state index contributed by atoms with van der Waals surface area (Å²) in [4.78, 5) is 25.0. The molecule has 0 aromatic heterocycles. The molecule has 5 nitrogen and oxygen atoms in total. The summed E-state index contributed by atoms with van der Waals surface area (Å²) in [5, 5.41) is 12.2. The number of nitriles is 1. The molecule has 136 valence electrons. The van der Waals surface area contributed by atoms with Crippen LogP contribution in [0.3, 0.4) is 0 Å². The maximum absolute atomic E-state index is 12.7. The summed E-state index contributed by atoms with van der Waals surface area (Å²) in [5.74, 6) is 1.45. The summed E-state index contributed by atoms with van der Waals surface area (Å²) >= 11 is 0. The molecule has 1 amide bonds. The zero-order chi connectivity index (χ0) is 18.3. The lowest BCUT2D eigenvalue weighted by atomic mass is 9.53. The first kappa shape index (κ1) is 17.1. The molecule has 0 unspecified atom stereocenters. The third kappa shape index (κ3) is 3.21. The Balaban J connectivity index is 1.39. The summed E-state index contributed by atoms with van der Waals surface area (Å²) in [7, 11) is 0. The predicted octanol–water partition coefficient (Wildman–Crippen LogP) is 3.19. The van der Waals surface area contributed by atoms with Gasteiger partial charge in [-0.1, -0.05) is 6.07 Å². The van der Waals surface area contributed by atoms with Gasteiger partial charge in [0.15, 0.2) is 6.10 Å². The van der Waals surface area contributed by atoms with E-state index >= 15 is 0 Å². The quantitative estimate of drug-likeness (QED) is 0.844. The van der Waals surface area contributed by atoms with Crippen LogP contribution in [0.4, 0.5) is 0 Å². The van der Waals surface area contributed by atoms with Crippen LogP contribution < -0.4 is 5.32 Å². The van der Waals surface area contributed by atoms with E-state index in [0.29, 0.717) is 11.1 Å². The van der Waals surface area contributed by atoms with Crippen LogP contribution in [-0.4, -0.2) is 23.5 Å². The lowest BCUT2D eigenvalue weighted by Crippen LogP contribution is -2.61. The first-order chi connectivity index (χ1) is 12.5. The van der Waals surface area contributed by atoms with Crippen molar-refractivity contribution >= 4 is 11.9 Å². The molecule has 1 aromatic carbocycles. The van der Waals surface area contributed by atoms with Crippen LogP contribution >= 0.6 is 0 Å². The minimum Gasteiger partial charge on any atom is -0.449 e. The fourth-order valence-electron chi connectivity index (χ4n) is 5.62. The molecule has 1 N–H and O–H groups in total. The topological polar surface area (TPSA) is 79.2 Å². The van der Waals surface area contributed by atoms with E-state index in [1.807, 2.05) is 6.07 Å². The van der Waals surface area contributed by atoms with Crippen LogP contribution in [0.1, 0.15) is 61.4 Å². The molecule has 1 aromatic rings. The Hall–Kier alpha value is -2.35. The van der Waals surface area contributed by atoms with E-state index in [9.17, 15) is 9.59 Å². The lowest BCUT2D eigenvalue weighted by molar-refractivity contribution is -0.134. The molecule has 0 radical (unpaired) electrons. The maximum atomic E-state index is 12.7. The summed E-state index contributed by atoms with van der Waals surface area (Å²) in [6, 6.07) is 8.32. The highest BCUT2D eigenvalue weighted by atomic mass is 16.5. The number of ether oxygens (including phenoxy) is 1. The van der Waals surface area contributed by atoms with Crippen molar-refractivity contribution in [2.45, 2.75) is 57.1 Å². The van der Waals surface area contributed by atoms with Crippen molar-refractivity contribution in [2.24, 2.45) is 17.8 Å². The van der Waals surface area contributed by atoms with Gasteiger partial charge in [-0.3, -0.25) is 4.79 Å². The number of rotatable bonds is 4. The fourth-order valence-corrected chi connectivity index (χ4v) is 5.62. The Morgan fingerprint density at radius 2 is 1.81 bits per heavy atom. The van der Waals surface area contributed by atoms with Crippen molar-refractivity contribution in [1.29, 1.82) is 5.26 Å².